The lowest BCUT2D eigenvalue weighted by Gasteiger charge is -2.19. The van der Waals surface area contributed by atoms with Gasteiger partial charge in [-0.1, -0.05) is 6.92 Å². The van der Waals surface area contributed by atoms with E-state index in [1.54, 1.807) is 17.8 Å². The van der Waals surface area contributed by atoms with Crippen molar-refractivity contribution >= 4 is 23.4 Å². The minimum atomic E-state index is -0.823. The van der Waals surface area contributed by atoms with Crippen molar-refractivity contribution in [3.63, 3.8) is 0 Å². The fourth-order valence-electron chi connectivity index (χ4n) is 2.53. The van der Waals surface area contributed by atoms with Crippen molar-refractivity contribution in [3.8, 4) is 0 Å². The van der Waals surface area contributed by atoms with Gasteiger partial charge in [-0.25, -0.2) is 8.78 Å². The Morgan fingerprint density at radius 3 is 2.95 bits per heavy atom. The number of amides is 1. The molecule has 0 spiro atoms. The topological polar surface area (TPSA) is 32.3 Å². The molecule has 1 amide bonds. The zero-order valence-electron chi connectivity index (χ0n) is 12.8. The Hall–Kier alpha value is -1.30. The summed E-state index contributed by atoms with van der Waals surface area (Å²) in [4.78, 5) is 13.7. The normalized spacial score (nSPS) is 17.8. The summed E-state index contributed by atoms with van der Waals surface area (Å²) in [6.45, 7) is 4.30. The van der Waals surface area contributed by atoms with Crippen molar-refractivity contribution in [2.45, 2.75) is 19.8 Å². The molecule has 1 fully saturated rings. The first-order chi connectivity index (χ1) is 10.6. The lowest BCUT2D eigenvalue weighted by Crippen LogP contribution is -2.32. The smallest absolute Gasteiger partial charge is 0.230 e. The highest BCUT2D eigenvalue weighted by molar-refractivity contribution is 7.99. The van der Waals surface area contributed by atoms with Crippen molar-refractivity contribution in [3.05, 3.63) is 29.8 Å². The number of halogens is 2. The summed E-state index contributed by atoms with van der Waals surface area (Å²) in [5.74, 6) is 0.297. The Morgan fingerprint density at radius 1 is 1.41 bits per heavy atom. The quantitative estimate of drug-likeness (QED) is 0.781. The van der Waals surface area contributed by atoms with E-state index in [0.717, 1.165) is 37.8 Å². The van der Waals surface area contributed by atoms with E-state index in [1.807, 2.05) is 4.90 Å². The highest BCUT2D eigenvalue weighted by Gasteiger charge is 2.23. The van der Waals surface area contributed by atoms with Gasteiger partial charge in [0.25, 0.3) is 0 Å². The third-order valence-corrected chi connectivity index (χ3v) is 4.89. The predicted octanol–water partition coefficient (Wildman–Crippen LogP) is 3.05. The number of carbonyl (C=O) groups is 1. The monoisotopic (exact) mass is 328 g/mol. The SMILES string of the molecule is CCCSCC(=O)NC[C@@H]1CCN(c2ccc(F)c(F)c2)C1. The van der Waals surface area contributed by atoms with Gasteiger partial charge in [0.1, 0.15) is 0 Å². The second kappa shape index (κ2) is 8.36. The van der Waals surface area contributed by atoms with E-state index >= 15 is 0 Å². The fourth-order valence-corrected chi connectivity index (χ4v) is 3.25. The van der Waals surface area contributed by atoms with Crippen LogP contribution in [-0.2, 0) is 4.79 Å². The van der Waals surface area contributed by atoms with Gasteiger partial charge in [-0.05, 0) is 36.6 Å². The molecule has 2 rings (SSSR count). The lowest BCUT2D eigenvalue weighted by atomic mass is 10.1. The van der Waals surface area contributed by atoms with Crippen LogP contribution >= 0.6 is 11.8 Å². The Morgan fingerprint density at radius 2 is 2.23 bits per heavy atom. The van der Waals surface area contributed by atoms with Crippen LogP contribution in [0.4, 0.5) is 14.5 Å². The number of nitrogens with one attached hydrogen (secondary N) is 1. The second-order valence-corrected chi connectivity index (χ2v) is 6.66. The summed E-state index contributed by atoms with van der Waals surface area (Å²) in [5.41, 5.74) is 0.700. The largest absolute Gasteiger partial charge is 0.371 e. The predicted molar refractivity (Wildman–Crippen MR) is 87.3 cm³/mol. The molecule has 0 radical (unpaired) electrons. The third kappa shape index (κ3) is 4.87. The zero-order chi connectivity index (χ0) is 15.9. The molecule has 0 bridgehead atoms. The molecule has 1 aliphatic heterocycles. The first-order valence-corrected chi connectivity index (χ1v) is 8.80. The molecule has 3 nitrogen and oxygen atoms in total. The maximum Gasteiger partial charge on any atom is 0.230 e. The van der Waals surface area contributed by atoms with Gasteiger partial charge in [-0.3, -0.25) is 4.79 Å². The summed E-state index contributed by atoms with van der Waals surface area (Å²) in [7, 11) is 0. The van der Waals surface area contributed by atoms with Gasteiger partial charge in [0, 0.05) is 31.4 Å². The van der Waals surface area contributed by atoms with E-state index in [1.165, 1.54) is 6.07 Å². The number of thioether (sulfide) groups is 1. The highest BCUT2D eigenvalue weighted by atomic mass is 32.2. The zero-order valence-corrected chi connectivity index (χ0v) is 13.6. The minimum absolute atomic E-state index is 0.0738. The van der Waals surface area contributed by atoms with Gasteiger partial charge in [-0.2, -0.15) is 11.8 Å². The first kappa shape index (κ1) is 17.1. The summed E-state index contributed by atoms with van der Waals surface area (Å²) >= 11 is 1.64. The number of benzene rings is 1. The Labute approximate surface area is 134 Å². The fraction of sp³-hybridized carbons (Fsp3) is 0.562. The molecule has 1 saturated heterocycles. The molecular weight excluding hydrogens is 306 g/mol. The number of hydrogen-bond donors (Lipinski definition) is 1. The van der Waals surface area contributed by atoms with E-state index in [2.05, 4.69) is 12.2 Å². The van der Waals surface area contributed by atoms with E-state index in [0.29, 0.717) is 23.9 Å². The number of anilines is 1. The van der Waals surface area contributed by atoms with Crippen molar-refractivity contribution in [1.29, 1.82) is 0 Å². The lowest BCUT2D eigenvalue weighted by molar-refractivity contribution is -0.118. The van der Waals surface area contributed by atoms with Crippen molar-refractivity contribution in [2.75, 3.05) is 36.0 Å². The third-order valence-electron chi connectivity index (χ3n) is 3.72. The maximum absolute atomic E-state index is 13.3. The molecule has 1 atom stereocenters. The van der Waals surface area contributed by atoms with E-state index < -0.39 is 11.6 Å². The molecule has 1 aromatic rings. The number of hydrogen-bond acceptors (Lipinski definition) is 3. The molecule has 1 heterocycles. The van der Waals surface area contributed by atoms with E-state index in [-0.39, 0.29) is 5.91 Å². The van der Waals surface area contributed by atoms with Crippen LogP contribution in [0.15, 0.2) is 18.2 Å². The molecule has 1 aliphatic rings. The molecule has 1 aromatic carbocycles. The standard InChI is InChI=1S/C16H22F2N2OS/c1-2-7-22-11-16(21)19-9-12-5-6-20(10-12)13-3-4-14(17)15(18)8-13/h3-4,8,12H,2,5-7,9-11H2,1H3,(H,19,21)/t12-/m0/s1. The van der Waals surface area contributed by atoms with E-state index in [4.69, 9.17) is 0 Å². The summed E-state index contributed by atoms with van der Waals surface area (Å²) < 4.78 is 26.2. The van der Waals surface area contributed by atoms with E-state index in [9.17, 15) is 13.6 Å². The molecule has 0 aromatic heterocycles. The molecule has 1 N–H and O–H groups in total. The van der Waals surface area contributed by atoms with Crippen LogP contribution < -0.4 is 10.2 Å². The van der Waals surface area contributed by atoms with Crippen LogP contribution in [0.3, 0.4) is 0 Å². The van der Waals surface area contributed by atoms with Gasteiger partial charge in [0.05, 0.1) is 5.75 Å². The van der Waals surface area contributed by atoms with Gasteiger partial charge in [0.2, 0.25) is 5.91 Å². The van der Waals surface area contributed by atoms with Crippen LogP contribution in [0.25, 0.3) is 0 Å². The van der Waals surface area contributed by atoms with Crippen molar-refractivity contribution in [1.82, 2.24) is 5.32 Å². The number of rotatable bonds is 7. The van der Waals surface area contributed by atoms with Gasteiger partial charge in [0.15, 0.2) is 11.6 Å². The molecule has 0 aliphatic carbocycles. The van der Waals surface area contributed by atoms with Crippen LogP contribution in [0.5, 0.6) is 0 Å². The first-order valence-electron chi connectivity index (χ1n) is 7.64. The summed E-state index contributed by atoms with van der Waals surface area (Å²) in [6, 6.07) is 3.99. The minimum Gasteiger partial charge on any atom is -0.371 e. The van der Waals surface area contributed by atoms with Gasteiger partial charge < -0.3 is 10.2 Å². The molecule has 0 saturated carbocycles. The van der Waals surface area contributed by atoms with Crippen LogP contribution in [0.2, 0.25) is 0 Å². The molecule has 6 heteroatoms. The Kier molecular flexibility index (Phi) is 6.49. The summed E-state index contributed by atoms with van der Waals surface area (Å²) in [5, 5.41) is 2.96. The van der Waals surface area contributed by atoms with Gasteiger partial charge in [-0.15, -0.1) is 0 Å². The van der Waals surface area contributed by atoms with Crippen molar-refractivity contribution < 1.29 is 13.6 Å². The number of carbonyl (C=O) groups excluding carboxylic acids is 1. The Balaban J connectivity index is 1.75. The molecular formula is C16H22F2N2OS. The Bertz CT molecular complexity index is 513. The average molecular weight is 328 g/mol. The highest BCUT2D eigenvalue weighted by Crippen LogP contribution is 2.24. The molecule has 0 unspecified atom stereocenters. The van der Waals surface area contributed by atoms with Crippen molar-refractivity contribution in [2.24, 2.45) is 5.92 Å². The number of nitrogens with zero attached hydrogens (tertiary/aromatic N) is 1. The second-order valence-electron chi connectivity index (χ2n) is 5.56. The maximum atomic E-state index is 13.3. The molecule has 22 heavy (non-hydrogen) atoms. The summed E-state index contributed by atoms with van der Waals surface area (Å²) in [6.07, 6.45) is 2.02. The van der Waals surface area contributed by atoms with Crippen LogP contribution in [-0.4, -0.2) is 37.0 Å². The van der Waals surface area contributed by atoms with Crippen LogP contribution in [0.1, 0.15) is 19.8 Å². The van der Waals surface area contributed by atoms with Crippen LogP contribution in [0, 0.1) is 17.6 Å². The average Bonchev–Trinajstić information content (AvgIpc) is 2.97. The molecule has 122 valence electrons. The van der Waals surface area contributed by atoms with Gasteiger partial charge >= 0.3 is 0 Å².